The lowest BCUT2D eigenvalue weighted by molar-refractivity contribution is -0.182. The molecule has 0 aromatic heterocycles. The van der Waals surface area contributed by atoms with E-state index in [1.807, 2.05) is 0 Å². The summed E-state index contributed by atoms with van der Waals surface area (Å²) in [5.74, 6) is 1.45. The molecule has 0 heterocycles. The van der Waals surface area contributed by atoms with Crippen LogP contribution in [0.1, 0.15) is 59.3 Å². The molecular formula is C13H22O. The van der Waals surface area contributed by atoms with E-state index >= 15 is 0 Å². The summed E-state index contributed by atoms with van der Waals surface area (Å²) in [6.45, 7) is 6.63. The lowest BCUT2D eigenvalue weighted by atomic mass is 9.38. The van der Waals surface area contributed by atoms with E-state index in [2.05, 4.69) is 20.8 Å². The third kappa shape index (κ3) is 1.04. The molecule has 14 heavy (non-hydrogen) atoms. The van der Waals surface area contributed by atoms with E-state index in [1.54, 1.807) is 0 Å². The summed E-state index contributed by atoms with van der Waals surface area (Å²) in [5.41, 5.74) is 0.496. The van der Waals surface area contributed by atoms with Crippen LogP contribution in [0.5, 0.6) is 0 Å². The van der Waals surface area contributed by atoms with Gasteiger partial charge in [0.2, 0.25) is 0 Å². The van der Waals surface area contributed by atoms with Crippen LogP contribution in [0.15, 0.2) is 0 Å². The standard InChI is InChI=1S/C13H22O/c1-4-6-10-7-13(8-10)9-11(14)12(13,3)5-2/h10H,4-9H2,1-3H3. The maximum absolute atomic E-state index is 11.7. The molecule has 1 unspecified atom stereocenters. The maximum atomic E-state index is 11.7. The van der Waals surface area contributed by atoms with E-state index in [4.69, 9.17) is 0 Å². The minimum absolute atomic E-state index is 0.0528. The zero-order valence-corrected chi connectivity index (χ0v) is 9.73. The first kappa shape index (κ1) is 10.2. The molecule has 0 amide bonds. The fourth-order valence-electron chi connectivity index (χ4n) is 3.71. The van der Waals surface area contributed by atoms with Gasteiger partial charge in [-0.3, -0.25) is 4.79 Å². The Bertz CT molecular complexity index is 250. The third-order valence-electron chi connectivity index (χ3n) is 5.05. The summed E-state index contributed by atoms with van der Waals surface area (Å²) in [4.78, 5) is 11.7. The van der Waals surface area contributed by atoms with E-state index in [0.29, 0.717) is 11.2 Å². The highest BCUT2D eigenvalue weighted by molar-refractivity contribution is 5.93. The van der Waals surface area contributed by atoms with Crippen LogP contribution in [0.4, 0.5) is 0 Å². The fraction of sp³-hybridized carbons (Fsp3) is 0.923. The van der Waals surface area contributed by atoms with Crippen LogP contribution in [0.2, 0.25) is 0 Å². The first-order valence-corrected chi connectivity index (χ1v) is 6.11. The first-order chi connectivity index (χ1) is 6.58. The normalized spacial score (nSPS) is 46.2. The van der Waals surface area contributed by atoms with Gasteiger partial charge in [-0.2, -0.15) is 0 Å². The van der Waals surface area contributed by atoms with Gasteiger partial charge in [-0.15, -0.1) is 0 Å². The van der Waals surface area contributed by atoms with Crippen molar-refractivity contribution in [1.29, 1.82) is 0 Å². The number of rotatable bonds is 3. The first-order valence-electron chi connectivity index (χ1n) is 6.11. The molecule has 1 spiro atoms. The molecule has 1 heteroatoms. The van der Waals surface area contributed by atoms with Crippen LogP contribution >= 0.6 is 0 Å². The Labute approximate surface area is 87.3 Å². The van der Waals surface area contributed by atoms with E-state index < -0.39 is 0 Å². The monoisotopic (exact) mass is 194 g/mol. The average molecular weight is 194 g/mol. The Morgan fingerprint density at radius 2 is 2.00 bits per heavy atom. The van der Waals surface area contributed by atoms with Crippen LogP contribution in [0.3, 0.4) is 0 Å². The molecule has 0 radical (unpaired) electrons. The number of hydrogen-bond donors (Lipinski definition) is 0. The minimum atomic E-state index is 0.0528. The van der Waals surface area contributed by atoms with Gasteiger partial charge in [-0.1, -0.05) is 33.6 Å². The van der Waals surface area contributed by atoms with Crippen molar-refractivity contribution >= 4 is 5.78 Å². The SMILES string of the molecule is CCCC1CC2(CC(=O)C2(C)CC)C1. The van der Waals surface area contributed by atoms with Crippen molar-refractivity contribution in [1.82, 2.24) is 0 Å². The molecule has 0 aliphatic heterocycles. The van der Waals surface area contributed by atoms with E-state index in [1.165, 1.54) is 25.7 Å². The molecule has 1 nitrogen and oxygen atoms in total. The van der Waals surface area contributed by atoms with E-state index in [9.17, 15) is 4.79 Å². The van der Waals surface area contributed by atoms with Gasteiger partial charge in [0.25, 0.3) is 0 Å². The highest BCUT2D eigenvalue weighted by atomic mass is 16.1. The zero-order valence-electron chi connectivity index (χ0n) is 9.73. The van der Waals surface area contributed by atoms with Gasteiger partial charge in [0.05, 0.1) is 0 Å². The van der Waals surface area contributed by atoms with Crippen LogP contribution in [-0.4, -0.2) is 5.78 Å². The predicted molar refractivity (Wildman–Crippen MR) is 58.1 cm³/mol. The van der Waals surface area contributed by atoms with Crippen LogP contribution in [-0.2, 0) is 4.79 Å². The van der Waals surface area contributed by atoms with Crippen molar-refractivity contribution in [3.05, 3.63) is 0 Å². The maximum Gasteiger partial charge on any atom is 0.139 e. The van der Waals surface area contributed by atoms with Crippen LogP contribution in [0, 0.1) is 16.7 Å². The molecule has 0 aromatic carbocycles. The molecule has 2 rings (SSSR count). The van der Waals surface area contributed by atoms with Gasteiger partial charge in [-0.25, -0.2) is 0 Å². The zero-order chi connectivity index (χ0) is 10.4. The molecule has 0 bridgehead atoms. The second-order valence-corrected chi connectivity index (χ2v) is 5.63. The molecule has 2 aliphatic carbocycles. The molecule has 0 saturated heterocycles. The molecule has 1 atom stereocenters. The molecule has 2 fully saturated rings. The van der Waals surface area contributed by atoms with Gasteiger partial charge >= 0.3 is 0 Å². The van der Waals surface area contributed by atoms with Crippen LogP contribution in [0.25, 0.3) is 0 Å². The lowest BCUT2D eigenvalue weighted by Gasteiger charge is -2.64. The predicted octanol–water partition coefficient (Wildman–Crippen LogP) is 3.57. The van der Waals surface area contributed by atoms with E-state index in [-0.39, 0.29) is 5.41 Å². The van der Waals surface area contributed by atoms with E-state index in [0.717, 1.165) is 18.8 Å². The second kappa shape index (κ2) is 3.08. The number of ketones is 1. The highest BCUT2D eigenvalue weighted by Gasteiger charge is 2.65. The average Bonchev–Trinajstić information content (AvgIpc) is 2.13. The third-order valence-corrected chi connectivity index (χ3v) is 5.05. The van der Waals surface area contributed by atoms with Gasteiger partial charge in [0, 0.05) is 11.8 Å². The Morgan fingerprint density at radius 3 is 2.43 bits per heavy atom. The van der Waals surface area contributed by atoms with Crippen molar-refractivity contribution in [2.75, 3.05) is 0 Å². The number of carbonyl (C=O) groups is 1. The van der Waals surface area contributed by atoms with Crippen molar-refractivity contribution in [3.63, 3.8) is 0 Å². The van der Waals surface area contributed by atoms with Crippen molar-refractivity contribution < 1.29 is 4.79 Å². The fourth-order valence-corrected chi connectivity index (χ4v) is 3.71. The second-order valence-electron chi connectivity index (χ2n) is 5.63. The highest BCUT2D eigenvalue weighted by Crippen LogP contribution is 2.68. The van der Waals surface area contributed by atoms with Crippen molar-refractivity contribution in [3.8, 4) is 0 Å². The van der Waals surface area contributed by atoms with Crippen LogP contribution < -0.4 is 0 Å². The number of hydrogen-bond acceptors (Lipinski definition) is 1. The molecule has 0 N–H and O–H groups in total. The van der Waals surface area contributed by atoms with Crippen molar-refractivity contribution in [2.45, 2.75) is 59.3 Å². The summed E-state index contributed by atoms with van der Waals surface area (Å²) >= 11 is 0. The Kier molecular flexibility index (Phi) is 2.24. The topological polar surface area (TPSA) is 17.1 Å². The Hall–Kier alpha value is -0.330. The smallest absolute Gasteiger partial charge is 0.139 e. The summed E-state index contributed by atoms with van der Waals surface area (Å²) in [6, 6.07) is 0. The lowest BCUT2D eigenvalue weighted by Crippen LogP contribution is -2.63. The molecule has 0 aromatic rings. The largest absolute Gasteiger partial charge is 0.299 e. The van der Waals surface area contributed by atoms with Gasteiger partial charge in [0.15, 0.2) is 0 Å². The summed E-state index contributed by atoms with van der Waals surface area (Å²) in [6.07, 6.45) is 7.27. The van der Waals surface area contributed by atoms with Gasteiger partial charge < -0.3 is 0 Å². The molecular weight excluding hydrogens is 172 g/mol. The number of Topliss-reactive ketones (excluding diaryl/α,β-unsaturated/α-hetero) is 1. The van der Waals surface area contributed by atoms with Gasteiger partial charge in [0.1, 0.15) is 5.78 Å². The quantitative estimate of drug-likeness (QED) is 0.671. The minimum Gasteiger partial charge on any atom is -0.299 e. The molecule has 2 saturated carbocycles. The Balaban J connectivity index is 1.99. The molecule has 2 aliphatic rings. The molecule has 80 valence electrons. The summed E-state index contributed by atoms with van der Waals surface area (Å²) in [5, 5.41) is 0. The summed E-state index contributed by atoms with van der Waals surface area (Å²) in [7, 11) is 0. The van der Waals surface area contributed by atoms with Gasteiger partial charge in [-0.05, 0) is 30.6 Å². The Morgan fingerprint density at radius 1 is 1.36 bits per heavy atom. The number of carbonyl (C=O) groups excluding carboxylic acids is 1. The summed E-state index contributed by atoms with van der Waals surface area (Å²) < 4.78 is 0. The van der Waals surface area contributed by atoms with Crippen molar-refractivity contribution in [2.24, 2.45) is 16.7 Å².